The van der Waals surface area contributed by atoms with Crippen LogP contribution in [-0.4, -0.2) is 59.1 Å². The highest BCUT2D eigenvalue weighted by Crippen LogP contribution is 2.43. The molecule has 4 N–H and O–H groups in total. The van der Waals surface area contributed by atoms with Crippen LogP contribution in [0.2, 0.25) is 0 Å². The summed E-state index contributed by atoms with van der Waals surface area (Å²) in [7, 11) is 3.92. The molecule has 2 atom stereocenters. The van der Waals surface area contributed by atoms with E-state index in [4.69, 9.17) is 12.2 Å². The van der Waals surface area contributed by atoms with Gasteiger partial charge in [-0.1, -0.05) is 18.2 Å². The molecule has 1 aromatic heterocycles. The normalized spacial score (nSPS) is 17.6. The van der Waals surface area contributed by atoms with Crippen molar-refractivity contribution >= 4 is 29.1 Å². The van der Waals surface area contributed by atoms with Gasteiger partial charge in [0.1, 0.15) is 5.82 Å². The van der Waals surface area contributed by atoms with Crippen LogP contribution in [0, 0.1) is 13.8 Å². The number of hydrogen-bond donors (Lipinski definition) is 4. The van der Waals surface area contributed by atoms with Gasteiger partial charge in [0.15, 0.2) is 16.8 Å². The summed E-state index contributed by atoms with van der Waals surface area (Å²) in [6.45, 7) is 5.35. The average molecular weight is 498 g/mol. The molecule has 1 aromatic carbocycles. The Bertz CT molecular complexity index is 1040. The maximum atomic E-state index is 13.9. The first-order valence-corrected chi connectivity index (χ1v) is 11.4. The van der Waals surface area contributed by atoms with E-state index in [-0.39, 0.29) is 23.0 Å². The molecule has 2 aromatic rings. The zero-order valence-electron chi connectivity index (χ0n) is 19.6. The first kappa shape index (κ1) is 25.8. The monoisotopic (exact) mass is 497 g/mol. The number of alkyl halides is 3. The van der Waals surface area contributed by atoms with E-state index in [2.05, 4.69) is 26.6 Å². The van der Waals surface area contributed by atoms with E-state index in [1.165, 1.54) is 6.07 Å². The van der Waals surface area contributed by atoms with E-state index in [0.29, 0.717) is 6.54 Å². The maximum absolute atomic E-state index is 13.9. The molecule has 0 saturated carbocycles. The van der Waals surface area contributed by atoms with E-state index >= 15 is 0 Å². The Morgan fingerprint density at radius 2 is 1.97 bits per heavy atom. The van der Waals surface area contributed by atoms with Crippen molar-refractivity contribution in [2.24, 2.45) is 0 Å². The molecule has 34 heavy (non-hydrogen) atoms. The van der Waals surface area contributed by atoms with Crippen molar-refractivity contribution in [1.82, 2.24) is 30.8 Å². The molecule has 8 nitrogen and oxygen atoms in total. The van der Waals surface area contributed by atoms with Crippen molar-refractivity contribution < 1.29 is 18.0 Å². The third-order valence-corrected chi connectivity index (χ3v) is 5.96. The molecule has 0 fully saturated rings. The van der Waals surface area contributed by atoms with E-state index in [1.807, 2.05) is 51.0 Å². The first-order chi connectivity index (χ1) is 16.0. The molecule has 1 aliphatic rings. The van der Waals surface area contributed by atoms with Gasteiger partial charge in [0, 0.05) is 19.0 Å². The number of rotatable bonds is 6. The molecule has 186 valence electrons. The van der Waals surface area contributed by atoms with Gasteiger partial charge in [-0.15, -0.1) is 0 Å². The number of aromatic nitrogens is 2. The minimum atomic E-state index is -4.52. The molecule has 2 unspecified atom stereocenters. The van der Waals surface area contributed by atoms with Crippen LogP contribution in [0.25, 0.3) is 0 Å². The Morgan fingerprint density at radius 1 is 1.24 bits per heavy atom. The number of hydrazine groups is 1. The number of halogens is 3. The molecule has 0 spiro atoms. The predicted molar refractivity (Wildman–Crippen MR) is 129 cm³/mol. The molecule has 0 bridgehead atoms. The quantitative estimate of drug-likeness (QED) is 0.277. The first-order valence-electron chi connectivity index (χ1n) is 10.9. The van der Waals surface area contributed by atoms with Gasteiger partial charge < -0.3 is 15.5 Å². The van der Waals surface area contributed by atoms with Crippen LogP contribution >= 0.6 is 12.2 Å². The number of carbonyl (C=O) groups is 1. The zero-order valence-corrected chi connectivity index (χ0v) is 20.4. The van der Waals surface area contributed by atoms with E-state index in [9.17, 15) is 18.0 Å². The fourth-order valence-corrected chi connectivity index (χ4v) is 3.86. The van der Waals surface area contributed by atoms with Gasteiger partial charge in [0.05, 0.1) is 6.04 Å². The number of carbonyl (C=O) groups excluding carboxylic acids is 1. The second-order valence-electron chi connectivity index (χ2n) is 8.68. The van der Waals surface area contributed by atoms with Crippen LogP contribution in [0.1, 0.15) is 52.1 Å². The van der Waals surface area contributed by atoms with Crippen molar-refractivity contribution in [3.63, 3.8) is 0 Å². The minimum Gasteiger partial charge on any atom is -0.363 e. The Morgan fingerprint density at radius 3 is 2.62 bits per heavy atom. The lowest BCUT2D eigenvalue weighted by molar-refractivity contribution is -0.173. The van der Waals surface area contributed by atoms with Gasteiger partial charge >= 0.3 is 6.18 Å². The molecule has 1 aliphatic heterocycles. The summed E-state index contributed by atoms with van der Waals surface area (Å²) in [5.41, 5.74) is 7.60. The van der Waals surface area contributed by atoms with Crippen LogP contribution in [0.3, 0.4) is 0 Å². The number of thiocarbonyl (C=S) groups is 1. The number of anilines is 1. The summed E-state index contributed by atoms with van der Waals surface area (Å²) in [6, 6.07) is 4.49. The lowest BCUT2D eigenvalue weighted by Gasteiger charge is -2.33. The van der Waals surface area contributed by atoms with Gasteiger partial charge in [-0.25, -0.2) is 4.68 Å². The molecule has 12 heteroatoms. The third-order valence-electron chi connectivity index (χ3n) is 5.71. The highest BCUT2D eigenvalue weighted by atomic mass is 32.1. The summed E-state index contributed by atoms with van der Waals surface area (Å²) in [5.74, 6) is -0.559. The van der Waals surface area contributed by atoms with E-state index in [0.717, 1.165) is 34.3 Å². The van der Waals surface area contributed by atoms with Gasteiger partial charge in [0.25, 0.3) is 5.91 Å². The fraction of sp³-hybridized carbons (Fsp3) is 0.500. The molecule has 0 aliphatic carbocycles. The fourth-order valence-electron chi connectivity index (χ4n) is 3.70. The average Bonchev–Trinajstić information content (AvgIpc) is 3.19. The molecular formula is C22H30F3N7OS. The van der Waals surface area contributed by atoms with E-state index in [1.54, 1.807) is 0 Å². The summed E-state index contributed by atoms with van der Waals surface area (Å²) in [4.78, 5) is 14.6. The smallest absolute Gasteiger partial charge is 0.363 e. The topological polar surface area (TPSA) is 86.2 Å². The van der Waals surface area contributed by atoms with Crippen LogP contribution in [0.15, 0.2) is 24.3 Å². The number of amides is 1. The van der Waals surface area contributed by atoms with Gasteiger partial charge in [-0.2, -0.15) is 18.3 Å². The Hall–Kier alpha value is -2.86. The van der Waals surface area contributed by atoms with Crippen molar-refractivity contribution in [2.75, 3.05) is 32.5 Å². The van der Waals surface area contributed by atoms with Crippen LogP contribution in [0.5, 0.6) is 0 Å². The summed E-state index contributed by atoms with van der Waals surface area (Å²) in [5, 5.41) is 10.2. The number of benzene rings is 1. The number of aryl methyl sites for hydroxylation is 2. The molecular weight excluding hydrogens is 467 g/mol. The minimum absolute atomic E-state index is 0.131. The molecule has 2 heterocycles. The highest BCUT2D eigenvalue weighted by molar-refractivity contribution is 7.80. The van der Waals surface area contributed by atoms with Crippen LogP contribution in [0.4, 0.5) is 19.0 Å². The standard InChI is InChI=1S/C22H30F3N7OS/c1-13-6-7-15(10-14(13)2)16-11-18(22(23,24)25)32-19(27-16)12-17(30-32)20(33)28-29-21(34)26-8-5-9-31(3)4/h6-7,10,12,16,18,27H,5,8-9,11H2,1-4H3,(H,28,33)(H2,26,29,34). The SMILES string of the molecule is Cc1ccc(C2CC(C(F)(F)F)n3nc(C(=O)NNC(=S)NCCCN(C)C)cc3N2)cc1C. The molecule has 0 saturated heterocycles. The highest BCUT2D eigenvalue weighted by Gasteiger charge is 2.46. The van der Waals surface area contributed by atoms with Gasteiger partial charge in [-0.3, -0.25) is 15.6 Å². The summed E-state index contributed by atoms with van der Waals surface area (Å²) in [6.07, 6.45) is -3.91. The maximum Gasteiger partial charge on any atom is 0.410 e. The van der Waals surface area contributed by atoms with E-state index < -0.39 is 24.2 Å². The number of nitrogens with one attached hydrogen (secondary N) is 4. The molecule has 0 radical (unpaired) electrons. The van der Waals surface area contributed by atoms with Gasteiger partial charge in [0.2, 0.25) is 0 Å². The van der Waals surface area contributed by atoms with Crippen molar-refractivity contribution in [3.8, 4) is 0 Å². The van der Waals surface area contributed by atoms with Crippen molar-refractivity contribution in [2.45, 2.75) is 44.9 Å². The predicted octanol–water partition coefficient (Wildman–Crippen LogP) is 3.22. The summed E-state index contributed by atoms with van der Waals surface area (Å²) < 4.78 is 42.5. The number of hydrogen-bond acceptors (Lipinski definition) is 5. The Kier molecular flexibility index (Phi) is 8.03. The number of fused-ring (bicyclic) bond motifs is 1. The summed E-state index contributed by atoms with van der Waals surface area (Å²) >= 11 is 5.11. The van der Waals surface area contributed by atoms with Crippen LogP contribution in [-0.2, 0) is 0 Å². The largest absolute Gasteiger partial charge is 0.410 e. The Labute approximate surface area is 202 Å². The lowest BCUT2D eigenvalue weighted by Crippen LogP contribution is -2.47. The molecule has 1 amide bonds. The second kappa shape index (κ2) is 10.6. The van der Waals surface area contributed by atoms with Crippen LogP contribution < -0.4 is 21.5 Å². The van der Waals surface area contributed by atoms with Crippen molar-refractivity contribution in [1.29, 1.82) is 0 Å². The lowest BCUT2D eigenvalue weighted by atomic mass is 9.94. The number of nitrogens with zero attached hydrogens (tertiary/aromatic N) is 3. The zero-order chi connectivity index (χ0) is 25.0. The second-order valence-corrected chi connectivity index (χ2v) is 9.09. The Balaban J connectivity index is 1.70. The van der Waals surface area contributed by atoms with Gasteiger partial charge in [-0.05, 0) is 69.8 Å². The van der Waals surface area contributed by atoms with Crippen molar-refractivity contribution in [3.05, 3.63) is 46.6 Å². The molecule has 3 rings (SSSR count). The third kappa shape index (κ3) is 6.38.